The fourth-order valence-electron chi connectivity index (χ4n) is 2.27. The highest BCUT2D eigenvalue weighted by Gasteiger charge is 2.28. The molecular formula is C12H16ClN3O. The van der Waals surface area contributed by atoms with Crippen LogP contribution in [0.2, 0.25) is 5.15 Å². The maximum atomic E-state index is 11.3. The van der Waals surface area contributed by atoms with Crippen LogP contribution in [0.15, 0.2) is 18.3 Å². The predicted octanol–water partition coefficient (Wildman–Crippen LogP) is 1.83. The standard InChI is InChI=1S/C12H16ClN3O/c1-8-2-3-9(12(14)17)7-16(8)10-4-5-15-11(13)6-10/h4-6,8-9H,2-3,7H2,1H3,(H2,14,17). The molecule has 0 saturated carbocycles. The molecule has 1 aromatic heterocycles. The predicted molar refractivity (Wildman–Crippen MR) is 68.0 cm³/mol. The Morgan fingerprint density at radius 1 is 1.59 bits per heavy atom. The van der Waals surface area contributed by atoms with E-state index in [-0.39, 0.29) is 11.8 Å². The van der Waals surface area contributed by atoms with Gasteiger partial charge in [0.05, 0.1) is 5.92 Å². The van der Waals surface area contributed by atoms with Crippen LogP contribution in [0.1, 0.15) is 19.8 Å². The van der Waals surface area contributed by atoms with E-state index in [4.69, 9.17) is 17.3 Å². The minimum Gasteiger partial charge on any atom is -0.369 e. The van der Waals surface area contributed by atoms with Gasteiger partial charge in [-0.1, -0.05) is 11.6 Å². The lowest BCUT2D eigenvalue weighted by Crippen LogP contribution is -2.45. The van der Waals surface area contributed by atoms with Gasteiger partial charge in [0.2, 0.25) is 5.91 Å². The van der Waals surface area contributed by atoms with Gasteiger partial charge in [0.25, 0.3) is 0 Å². The summed E-state index contributed by atoms with van der Waals surface area (Å²) in [7, 11) is 0. The molecular weight excluding hydrogens is 238 g/mol. The highest BCUT2D eigenvalue weighted by atomic mass is 35.5. The van der Waals surface area contributed by atoms with Gasteiger partial charge in [0, 0.05) is 24.5 Å². The van der Waals surface area contributed by atoms with E-state index in [9.17, 15) is 4.79 Å². The summed E-state index contributed by atoms with van der Waals surface area (Å²) in [5.74, 6) is -0.291. The van der Waals surface area contributed by atoms with Gasteiger partial charge in [0.1, 0.15) is 5.15 Å². The second-order valence-corrected chi connectivity index (χ2v) is 4.90. The lowest BCUT2D eigenvalue weighted by atomic mass is 9.92. The van der Waals surface area contributed by atoms with Gasteiger partial charge >= 0.3 is 0 Å². The van der Waals surface area contributed by atoms with E-state index in [2.05, 4.69) is 16.8 Å². The Kier molecular flexibility index (Phi) is 3.52. The number of piperidine rings is 1. The van der Waals surface area contributed by atoms with Gasteiger partial charge in [-0.05, 0) is 31.9 Å². The molecule has 4 nitrogen and oxygen atoms in total. The van der Waals surface area contributed by atoms with Crippen LogP contribution in [0, 0.1) is 5.92 Å². The van der Waals surface area contributed by atoms with E-state index < -0.39 is 0 Å². The number of pyridine rings is 1. The molecule has 17 heavy (non-hydrogen) atoms. The molecule has 0 aliphatic carbocycles. The van der Waals surface area contributed by atoms with Crippen molar-refractivity contribution in [2.45, 2.75) is 25.8 Å². The molecule has 0 bridgehead atoms. The lowest BCUT2D eigenvalue weighted by molar-refractivity contribution is -0.122. The average molecular weight is 254 g/mol. The van der Waals surface area contributed by atoms with Crippen molar-refractivity contribution in [3.8, 4) is 0 Å². The lowest BCUT2D eigenvalue weighted by Gasteiger charge is -2.38. The number of amides is 1. The SMILES string of the molecule is CC1CCC(C(N)=O)CN1c1ccnc(Cl)c1. The molecule has 2 N–H and O–H groups in total. The summed E-state index contributed by atoms with van der Waals surface area (Å²) >= 11 is 5.88. The van der Waals surface area contributed by atoms with E-state index in [0.717, 1.165) is 18.5 Å². The second kappa shape index (κ2) is 4.92. The number of anilines is 1. The number of nitrogens with two attached hydrogens (primary N) is 1. The molecule has 1 aliphatic heterocycles. The van der Waals surface area contributed by atoms with E-state index in [1.165, 1.54) is 0 Å². The topological polar surface area (TPSA) is 59.2 Å². The van der Waals surface area contributed by atoms with Gasteiger partial charge in [0.15, 0.2) is 0 Å². The van der Waals surface area contributed by atoms with E-state index in [1.54, 1.807) is 6.20 Å². The van der Waals surface area contributed by atoms with Gasteiger partial charge in [-0.2, -0.15) is 0 Å². The van der Waals surface area contributed by atoms with Gasteiger partial charge in [-0.15, -0.1) is 0 Å². The Labute approximate surface area is 106 Å². The van der Waals surface area contributed by atoms with Crippen LogP contribution >= 0.6 is 11.6 Å². The molecule has 1 amide bonds. The number of hydrogen-bond donors (Lipinski definition) is 1. The largest absolute Gasteiger partial charge is 0.369 e. The third-order valence-electron chi connectivity index (χ3n) is 3.33. The third-order valence-corrected chi connectivity index (χ3v) is 3.53. The third kappa shape index (κ3) is 2.69. The van der Waals surface area contributed by atoms with Crippen LogP contribution in [0.5, 0.6) is 0 Å². The fourth-order valence-corrected chi connectivity index (χ4v) is 2.44. The number of hydrogen-bond acceptors (Lipinski definition) is 3. The molecule has 0 spiro atoms. The van der Waals surface area contributed by atoms with Crippen LogP contribution in [0.25, 0.3) is 0 Å². The van der Waals surface area contributed by atoms with Crippen molar-refractivity contribution < 1.29 is 4.79 Å². The van der Waals surface area contributed by atoms with Crippen molar-refractivity contribution in [3.63, 3.8) is 0 Å². The first-order valence-electron chi connectivity index (χ1n) is 5.75. The molecule has 5 heteroatoms. The monoisotopic (exact) mass is 253 g/mol. The summed E-state index contributed by atoms with van der Waals surface area (Å²) in [5, 5.41) is 0.468. The molecule has 92 valence electrons. The Bertz CT molecular complexity index is 424. The molecule has 2 atom stereocenters. The van der Waals surface area contributed by atoms with E-state index in [0.29, 0.717) is 17.7 Å². The highest BCUT2D eigenvalue weighted by Crippen LogP contribution is 2.28. The number of primary amides is 1. The maximum Gasteiger partial charge on any atom is 0.222 e. The zero-order chi connectivity index (χ0) is 12.4. The van der Waals surface area contributed by atoms with Crippen LogP contribution in [0.3, 0.4) is 0 Å². The molecule has 1 fully saturated rings. The van der Waals surface area contributed by atoms with Crippen LogP contribution in [-0.4, -0.2) is 23.5 Å². The molecule has 2 unspecified atom stereocenters. The maximum absolute atomic E-state index is 11.3. The van der Waals surface area contributed by atoms with Crippen LogP contribution in [-0.2, 0) is 4.79 Å². The Morgan fingerprint density at radius 2 is 2.35 bits per heavy atom. The quantitative estimate of drug-likeness (QED) is 0.818. The van der Waals surface area contributed by atoms with Crippen LogP contribution < -0.4 is 10.6 Å². The van der Waals surface area contributed by atoms with E-state index >= 15 is 0 Å². The summed E-state index contributed by atoms with van der Waals surface area (Å²) in [6.07, 6.45) is 3.51. The molecule has 1 aromatic rings. The number of aromatic nitrogens is 1. The van der Waals surface area contributed by atoms with Gasteiger partial charge < -0.3 is 10.6 Å². The first-order chi connectivity index (χ1) is 8.08. The molecule has 1 aliphatic rings. The minimum absolute atomic E-state index is 0.0712. The Morgan fingerprint density at radius 3 is 3.00 bits per heavy atom. The van der Waals surface area contributed by atoms with Crippen molar-refractivity contribution in [2.24, 2.45) is 11.7 Å². The Hall–Kier alpha value is -1.29. The number of carbonyl (C=O) groups is 1. The summed E-state index contributed by atoms with van der Waals surface area (Å²) in [6, 6.07) is 4.12. The van der Waals surface area contributed by atoms with Crippen molar-refractivity contribution in [3.05, 3.63) is 23.5 Å². The highest BCUT2D eigenvalue weighted by molar-refractivity contribution is 6.29. The fraction of sp³-hybridized carbons (Fsp3) is 0.500. The van der Waals surface area contributed by atoms with Crippen molar-refractivity contribution >= 4 is 23.2 Å². The number of rotatable bonds is 2. The first kappa shape index (κ1) is 12.2. The van der Waals surface area contributed by atoms with Gasteiger partial charge in [-0.25, -0.2) is 4.98 Å². The summed E-state index contributed by atoms with van der Waals surface area (Å²) in [5.41, 5.74) is 6.38. The normalized spacial score (nSPS) is 24.7. The molecule has 1 saturated heterocycles. The van der Waals surface area contributed by atoms with Crippen molar-refractivity contribution in [1.29, 1.82) is 0 Å². The molecule has 0 aromatic carbocycles. The zero-order valence-electron chi connectivity index (χ0n) is 9.77. The average Bonchev–Trinajstić information content (AvgIpc) is 2.29. The summed E-state index contributed by atoms with van der Waals surface area (Å²) in [6.45, 7) is 2.81. The smallest absolute Gasteiger partial charge is 0.222 e. The van der Waals surface area contributed by atoms with E-state index in [1.807, 2.05) is 12.1 Å². The number of carbonyl (C=O) groups excluding carboxylic acids is 1. The summed E-state index contributed by atoms with van der Waals surface area (Å²) in [4.78, 5) is 17.4. The molecule has 0 radical (unpaired) electrons. The van der Waals surface area contributed by atoms with Crippen LogP contribution in [0.4, 0.5) is 5.69 Å². The first-order valence-corrected chi connectivity index (χ1v) is 6.13. The van der Waals surface area contributed by atoms with Crippen molar-refractivity contribution in [1.82, 2.24) is 4.98 Å². The zero-order valence-corrected chi connectivity index (χ0v) is 10.5. The van der Waals surface area contributed by atoms with Gasteiger partial charge in [-0.3, -0.25) is 4.79 Å². The summed E-state index contributed by atoms with van der Waals surface area (Å²) < 4.78 is 0. The van der Waals surface area contributed by atoms with Crippen molar-refractivity contribution in [2.75, 3.05) is 11.4 Å². The molecule has 2 heterocycles. The number of nitrogens with zero attached hydrogens (tertiary/aromatic N) is 2. The molecule has 2 rings (SSSR count). The number of halogens is 1. The minimum atomic E-state index is -0.220. The second-order valence-electron chi connectivity index (χ2n) is 4.51. The Balaban J connectivity index is 2.20.